The zero-order valence-electron chi connectivity index (χ0n) is 13.5. The Morgan fingerprint density at radius 3 is 2.30 bits per heavy atom. The van der Waals surface area contributed by atoms with Gasteiger partial charge in [-0.3, -0.25) is 4.79 Å². The van der Waals surface area contributed by atoms with E-state index in [1.807, 2.05) is 68.4 Å². The Morgan fingerprint density at radius 2 is 1.65 bits per heavy atom. The Morgan fingerprint density at radius 1 is 1.00 bits per heavy atom. The summed E-state index contributed by atoms with van der Waals surface area (Å²) in [5.74, 6) is 0.0291. The quantitative estimate of drug-likeness (QED) is 0.801. The first kappa shape index (κ1) is 16.7. The molecule has 2 rings (SSSR count). The number of rotatable bonds is 6. The Bertz CT molecular complexity index is 651. The van der Waals surface area contributed by atoms with E-state index in [0.717, 1.165) is 11.1 Å². The van der Waals surface area contributed by atoms with Crippen molar-refractivity contribution in [3.8, 4) is 0 Å². The average molecular weight is 310 g/mol. The van der Waals surface area contributed by atoms with Gasteiger partial charge in [-0.2, -0.15) is 0 Å². The van der Waals surface area contributed by atoms with Gasteiger partial charge in [0.15, 0.2) is 5.78 Å². The number of nitrogens with one attached hydrogen (secondary N) is 2. The summed E-state index contributed by atoms with van der Waals surface area (Å²) in [6.07, 6.45) is 0.288. The van der Waals surface area contributed by atoms with Crippen LogP contribution < -0.4 is 10.6 Å². The van der Waals surface area contributed by atoms with Crippen molar-refractivity contribution in [3.63, 3.8) is 0 Å². The third-order valence-corrected chi connectivity index (χ3v) is 3.66. The summed E-state index contributed by atoms with van der Waals surface area (Å²) in [6, 6.07) is 16.8. The Kier molecular flexibility index (Phi) is 5.92. The van der Waals surface area contributed by atoms with Gasteiger partial charge in [-0.05, 0) is 19.4 Å². The van der Waals surface area contributed by atoms with Crippen LogP contribution in [0, 0.1) is 6.92 Å². The van der Waals surface area contributed by atoms with E-state index in [9.17, 15) is 9.59 Å². The third-order valence-electron chi connectivity index (χ3n) is 3.66. The number of aryl methyl sites for hydroxylation is 1. The molecule has 0 heterocycles. The standard InChI is InChI=1S/C19H22N2O2/c1-14-8-10-17(11-9-14)18(22)12-13-20-19(23)21-15(2)16-6-4-3-5-7-16/h3-11,15H,12-13H2,1-2H3,(H2,20,21,23). The molecule has 1 atom stereocenters. The molecule has 2 aromatic carbocycles. The number of carbonyl (C=O) groups is 2. The van der Waals surface area contributed by atoms with E-state index in [-0.39, 0.29) is 24.3 Å². The monoisotopic (exact) mass is 310 g/mol. The van der Waals surface area contributed by atoms with E-state index in [1.54, 1.807) is 0 Å². The van der Waals surface area contributed by atoms with Gasteiger partial charge in [-0.1, -0.05) is 60.2 Å². The van der Waals surface area contributed by atoms with E-state index >= 15 is 0 Å². The normalized spacial score (nSPS) is 11.6. The second kappa shape index (κ2) is 8.13. The minimum absolute atomic E-state index is 0.0291. The van der Waals surface area contributed by atoms with E-state index in [0.29, 0.717) is 12.1 Å². The lowest BCUT2D eigenvalue weighted by Crippen LogP contribution is -2.38. The molecule has 2 aromatic rings. The van der Waals surface area contributed by atoms with Crippen molar-refractivity contribution in [1.82, 2.24) is 10.6 Å². The summed E-state index contributed by atoms with van der Waals surface area (Å²) < 4.78 is 0. The smallest absolute Gasteiger partial charge is 0.315 e. The summed E-state index contributed by atoms with van der Waals surface area (Å²) in [5, 5.41) is 5.58. The van der Waals surface area contributed by atoms with Crippen molar-refractivity contribution in [2.45, 2.75) is 26.3 Å². The summed E-state index contributed by atoms with van der Waals surface area (Å²) >= 11 is 0. The van der Waals surface area contributed by atoms with Crippen LogP contribution >= 0.6 is 0 Å². The number of ketones is 1. The number of carbonyl (C=O) groups excluding carboxylic acids is 2. The fourth-order valence-corrected chi connectivity index (χ4v) is 2.25. The fourth-order valence-electron chi connectivity index (χ4n) is 2.25. The molecule has 23 heavy (non-hydrogen) atoms. The molecular formula is C19H22N2O2. The summed E-state index contributed by atoms with van der Waals surface area (Å²) in [4.78, 5) is 23.9. The predicted molar refractivity (Wildman–Crippen MR) is 91.5 cm³/mol. The largest absolute Gasteiger partial charge is 0.338 e. The first-order chi connectivity index (χ1) is 11.1. The molecule has 4 heteroatoms. The second-order valence-corrected chi connectivity index (χ2v) is 5.57. The molecule has 2 amide bonds. The highest BCUT2D eigenvalue weighted by Crippen LogP contribution is 2.10. The minimum Gasteiger partial charge on any atom is -0.338 e. The van der Waals surface area contributed by atoms with Crippen LogP contribution in [0.5, 0.6) is 0 Å². The van der Waals surface area contributed by atoms with E-state index in [4.69, 9.17) is 0 Å². The van der Waals surface area contributed by atoms with Crippen LogP contribution in [0.15, 0.2) is 54.6 Å². The third kappa shape index (κ3) is 5.25. The molecule has 120 valence electrons. The van der Waals surface area contributed by atoms with Crippen molar-refractivity contribution in [1.29, 1.82) is 0 Å². The van der Waals surface area contributed by atoms with Gasteiger partial charge in [0.25, 0.3) is 0 Å². The molecular weight excluding hydrogens is 288 g/mol. The highest BCUT2D eigenvalue weighted by atomic mass is 16.2. The van der Waals surface area contributed by atoms with Gasteiger partial charge >= 0.3 is 6.03 Å². The molecule has 1 unspecified atom stereocenters. The van der Waals surface area contributed by atoms with E-state index in [1.165, 1.54) is 0 Å². The average Bonchev–Trinajstić information content (AvgIpc) is 2.56. The maximum atomic E-state index is 12.0. The molecule has 4 nitrogen and oxygen atoms in total. The lowest BCUT2D eigenvalue weighted by Gasteiger charge is -2.14. The molecule has 0 saturated carbocycles. The molecule has 0 fully saturated rings. The van der Waals surface area contributed by atoms with Crippen LogP contribution in [0.2, 0.25) is 0 Å². The Labute approximate surface area is 136 Å². The van der Waals surface area contributed by atoms with Gasteiger partial charge in [0.1, 0.15) is 0 Å². The van der Waals surface area contributed by atoms with Gasteiger partial charge in [0, 0.05) is 18.5 Å². The van der Waals surface area contributed by atoms with Crippen LogP contribution in [-0.4, -0.2) is 18.4 Å². The van der Waals surface area contributed by atoms with Crippen molar-refractivity contribution >= 4 is 11.8 Å². The molecule has 0 aromatic heterocycles. The van der Waals surface area contributed by atoms with Gasteiger partial charge < -0.3 is 10.6 Å². The van der Waals surface area contributed by atoms with E-state index in [2.05, 4.69) is 10.6 Å². The lowest BCUT2D eigenvalue weighted by atomic mass is 10.1. The number of benzene rings is 2. The molecule has 0 radical (unpaired) electrons. The van der Waals surface area contributed by atoms with Gasteiger partial charge in [0.2, 0.25) is 0 Å². The summed E-state index contributed by atoms with van der Waals surface area (Å²) in [7, 11) is 0. The highest BCUT2D eigenvalue weighted by Gasteiger charge is 2.10. The van der Waals surface area contributed by atoms with Crippen molar-refractivity contribution in [2.24, 2.45) is 0 Å². The number of hydrogen-bond acceptors (Lipinski definition) is 2. The first-order valence-electron chi connectivity index (χ1n) is 7.75. The Balaban J connectivity index is 1.74. The zero-order valence-corrected chi connectivity index (χ0v) is 13.5. The molecule has 0 aliphatic heterocycles. The van der Waals surface area contributed by atoms with Crippen LogP contribution in [0.4, 0.5) is 4.79 Å². The molecule has 0 bridgehead atoms. The number of hydrogen-bond donors (Lipinski definition) is 2. The fraction of sp³-hybridized carbons (Fsp3) is 0.263. The molecule has 0 aliphatic rings. The number of urea groups is 1. The van der Waals surface area contributed by atoms with Crippen LogP contribution in [0.25, 0.3) is 0 Å². The molecule has 0 spiro atoms. The van der Waals surface area contributed by atoms with Gasteiger partial charge in [0.05, 0.1) is 6.04 Å². The Hall–Kier alpha value is -2.62. The predicted octanol–water partition coefficient (Wildman–Crippen LogP) is 3.63. The zero-order chi connectivity index (χ0) is 16.7. The summed E-state index contributed by atoms with van der Waals surface area (Å²) in [5.41, 5.74) is 2.84. The topological polar surface area (TPSA) is 58.2 Å². The van der Waals surface area contributed by atoms with Crippen molar-refractivity contribution in [2.75, 3.05) is 6.54 Å². The summed E-state index contributed by atoms with van der Waals surface area (Å²) in [6.45, 7) is 4.22. The maximum absolute atomic E-state index is 12.0. The first-order valence-corrected chi connectivity index (χ1v) is 7.75. The van der Waals surface area contributed by atoms with Gasteiger partial charge in [-0.15, -0.1) is 0 Å². The number of amides is 2. The van der Waals surface area contributed by atoms with Crippen molar-refractivity contribution < 1.29 is 9.59 Å². The molecule has 0 saturated heterocycles. The number of Topliss-reactive ketones (excluding diaryl/α,β-unsaturated/α-hetero) is 1. The minimum atomic E-state index is -0.266. The molecule has 2 N–H and O–H groups in total. The highest BCUT2D eigenvalue weighted by molar-refractivity contribution is 5.96. The maximum Gasteiger partial charge on any atom is 0.315 e. The van der Waals surface area contributed by atoms with Crippen LogP contribution in [0.1, 0.15) is 40.9 Å². The van der Waals surface area contributed by atoms with Gasteiger partial charge in [-0.25, -0.2) is 4.79 Å². The van der Waals surface area contributed by atoms with E-state index < -0.39 is 0 Å². The van der Waals surface area contributed by atoms with Crippen LogP contribution in [0.3, 0.4) is 0 Å². The van der Waals surface area contributed by atoms with Crippen LogP contribution in [-0.2, 0) is 0 Å². The molecule has 0 aliphatic carbocycles. The van der Waals surface area contributed by atoms with Crippen molar-refractivity contribution in [3.05, 3.63) is 71.3 Å². The SMILES string of the molecule is Cc1ccc(C(=O)CCNC(=O)NC(C)c2ccccc2)cc1. The second-order valence-electron chi connectivity index (χ2n) is 5.57. The lowest BCUT2D eigenvalue weighted by molar-refractivity contribution is 0.0983.